The summed E-state index contributed by atoms with van der Waals surface area (Å²) in [5.41, 5.74) is 14.5. The van der Waals surface area contributed by atoms with E-state index in [0.717, 1.165) is 99.6 Å². The van der Waals surface area contributed by atoms with E-state index in [1.54, 1.807) is 0 Å². The van der Waals surface area contributed by atoms with Gasteiger partial charge in [-0.2, -0.15) is 0 Å². The fourth-order valence-electron chi connectivity index (χ4n) is 9.64. The average molecular weight is 741 g/mol. The standard InChI is InChI=1S/C54H32N2O2/c1-5-26-45-37(16-1)38-17-2-6-27-46(38)55(45)49-30-12-24-43-41-22-10-20-35(51(41)57-53(43)49)33-14-9-15-34(32-33)36-21-11-23-42-44-25-13-31-50(54(44)58-52(36)42)56-47-28-7-3-18-39(47)40-19-4-8-29-48(40)56/h1-32H. The highest BCUT2D eigenvalue weighted by atomic mass is 16.3. The molecule has 13 rings (SSSR count). The number of aromatic nitrogens is 2. The van der Waals surface area contributed by atoms with Crippen LogP contribution in [0, 0.1) is 0 Å². The maximum absolute atomic E-state index is 7.01. The van der Waals surface area contributed by atoms with Gasteiger partial charge in [-0.25, -0.2) is 0 Å². The summed E-state index contributed by atoms with van der Waals surface area (Å²) in [7, 11) is 0. The van der Waals surface area contributed by atoms with Crippen LogP contribution >= 0.6 is 0 Å². The zero-order chi connectivity index (χ0) is 37.9. The molecule has 0 amide bonds. The molecule has 0 spiro atoms. The molecule has 4 aromatic heterocycles. The Bertz CT molecular complexity index is 3460. The highest BCUT2D eigenvalue weighted by molar-refractivity contribution is 6.16. The quantitative estimate of drug-likeness (QED) is 0.180. The fraction of sp³-hybridized carbons (Fsp3) is 0. The zero-order valence-corrected chi connectivity index (χ0v) is 31.2. The van der Waals surface area contributed by atoms with E-state index in [4.69, 9.17) is 8.83 Å². The first-order chi connectivity index (χ1) is 28.8. The summed E-state index contributed by atoms with van der Waals surface area (Å²) in [5.74, 6) is 0. The number of nitrogens with zero attached hydrogens (tertiary/aromatic N) is 2. The van der Waals surface area contributed by atoms with Crippen LogP contribution in [0.15, 0.2) is 203 Å². The summed E-state index contributed by atoms with van der Waals surface area (Å²) in [6, 6.07) is 69.2. The summed E-state index contributed by atoms with van der Waals surface area (Å²) < 4.78 is 18.7. The van der Waals surface area contributed by atoms with Crippen LogP contribution in [0.5, 0.6) is 0 Å². The second-order valence-electron chi connectivity index (χ2n) is 15.2. The average Bonchev–Trinajstić information content (AvgIpc) is 4.04. The van der Waals surface area contributed by atoms with E-state index in [9.17, 15) is 0 Å². The summed E-state index contributed by atoms with van der Waals surface area (Å²) >= 11 is 0. The molecule has 0 aliphatic carbocycles. The molecule has 270 valence electrons. The predicted octanol–water partition coefficient (Wildman–Crippen LogP) is 15.0. The lowest BCUT2D eigenvalue weighted by Gasteiger charge is -2.08. The van der Waals surface area contributed by atoms with Crippen LogP contribution in [0.25, 0.3) is 121 Å². The third-order valence-electron chi connectivity index (χ3n) is 12.1. The Hall–Kier alpha value is -7.82. The highest BCUT2D eigenvalue weighted by Gasteiger charge is 2.21. The Labute approximate surface area is 332 Å². The molecule has 0 atom stereocenters. The molecule has 0 saturated heterocycles. The Kier molecular flexibility index (Phi) is 6.41. The van der Waals surface area contributed by atoms with Crippen molar-refractivity contribution < 1.29 is 8.83 Å². The summed E-state index contributed by atoms with van der Waals surface area (Å²) in [5, 5.41) is 9.29. The van der Waals surface area contributed by atoms with E-state index in [1.807, 2.05) is 0 Å². The summed E-state index contributed by atoms with van der Waals surface area (Å²) in [6.45, 7) is 0. The molecule has 4 heterocycles. The van der Waals surface area contributed by atoms with Crippen molar-refractivity contribution in [3.05, 3.63) is 194 Å². The van der Waals surface area contributed by atoms with Crippen LogP contribution in [0.4, 0.5) is 0 Å². The Balaban J connectivity index is 0.984. The first kappa shape index (κ1) is 31.4. The molecule has 4 nitrogen and oxygen atoms in total. The molecule has 9 aromatic carbocycles. The van der Waals surface area contributed by atoms with Gasteiger partial charge in [-0.1, -0.05) is 152 Å². The molecule has 58 heavy (non-hydrogen) atoms. The third-order valence-corrected chi connectivity index (χ3v) is 12.1. The molecule has 0 fully saturated rings. The van der Waals surface area contributed by atoms with Crippen LogP contribution in [0.1, 0.15) is 0 Å². The van der Waals surface area contributed by atoms with Gasteiger partial charge in [0, 0.05) is 54.2 Å². The van der Waals surface area contributed by atoms with Crippen molar-refractivity contribution in [3.63, 3.8) is 0 Å². The van der Waals surface area contributed by atoms with Crippen LogP contribution in [0.3, 0.4) is 0 Å². The molecule has 13 aromatic rings. The predicted molar refractivity (Wildman–Crippen MR) is 241 cm³/mol. The summed E-state index contributed by atoms with van der Waals surface area (Å²) in [4.78, 5) is 0. The van der Waals surface area contributed by atoms with Gasteiger partial charge < -0.3 is 18.0 Å². The van der Waals surface area contributed by atoms with Crippen molar-refractivity contribution in [2.24, 2.45) is 0 Å². The maximum atomic E-state index is 7.01. The number of furan rings is 2. The topological polar surface area (TPSA) is 36.1 Å². The van der Waals surface area contributed by atoms with E-state index >= 15 is 0 Å². The van der Waals surface area contributed by atoms with E-state index < -0.39 is 0 Å². The molecule has 0 aliphatic heterocycles. The molecule has 0 radical (unpaired) electrons. The smallest absolute Gasteiger partial charge is 0.159 e. The number of rotatable bonds is 4. The molecule has 0 unspecified atom stereocenters. The van der Waals surface area contributed by atoms with Crippen molar-refractivity contribution in [2.45, 2.75) is 0 Å². The van der Waals surface area contributed by atoms with Crippen molar-refractivity contribution in [1.29, 1.82) is 0 Å². The minimum atomic E-state index is 0.874. The minimum Gasteiger partial charge on any atom is -0.453 e. The van der Waals surface area contributed by atoms with Crippen molar-refractivity contribution in [1.82, 2.24) is 9.13 Å². The van der Waals surface area contributed by atoms with Gasteiger partial charge in [0.05, 0.1) is 33.4 Å². The zero-order valence-electron chi connectivity index (χ0n) is 31.2. The molecule has 0 bridgehead atoms. The largest absolute Gasteiger partial charge is 0.453 e. The number of hydrogen-bond donors (Lipinski definition) is 0. The van der Waals surface area contributed by atoms with Crippen molar-refractivity contribution in [3.8, 4) is 33.6 Å². The first-order valence-electron chi connectivity index (χ1n) is 19.8. The maximum Gasteiger partial charge on any atom is 0.159 e. The lowest BCUT2D eigenvalue weighted by molar-refractivity contribution is 0.667. The number of hydrogen-bond acceptors (Lipinski definition) is 2. The van der Waals surface area contributed by atoms with Crippen molar-refractivity contribution in [2.75, 3.05) is 0 Å². The van der Waals surface area contributed by atoms with E-state index in [-0.39, 0.29) is 0 Å². The molecular formula is C54H32N2O2. The van der Waals surface area contributed by atoms with Gasteiger partial charge in [-0.05, 0) is 53.6 Å². The molecular weight excluding hydrogens is 709 g/mol. The van der Waals surface area contributed by atoms with Gasteiger partial charge in [-0.15, -0.1) is 0 Å². The molecule has 0 aliphatic rings. The Morgan fingerprint density at radius 3 is 0.966 bits per heavy atom. The second-order valence-corrected chi connectivity index (χ2v) is 15.2. The molecule has 4 heteroatoms. The van der Waals surface area contributed by atoms with E-state index in [1.165, 1.54) is 21.5 Å². The number of benzene rings is 9. The second kappa shape index (κ2) is 11.8. The lowest BCUT2D eigenvalue weighted by Crippen LogP contribution is -1.93. The van der Waals surface area contributed by atoms with Gasteiger partial charge in [0.25, 0.3) is 0 Å². The fourth-order valence-corrected chi connectivity index (χ4v) is 9.64. The van der Waals surface area contributed by atoms with Crippen LogP contribution in [0.2, 0.25) is 0 Å². The van der Waals surface area contributed by atoms with Crippen LogP contribution in [-0.2, 0) is 0 Å². The SMILES string of the molecule is c1cc(-c2cccc3c2oc2c(-n4c5ccccc5c5ccccc54)cccc23)cc(-c2cccc3c2oc2c(-n4c5ccccc5c5ccccc54)cccc23)c1. The highest BCUT2D eigenvalue weighted by Crippen LogP contribution is 2.44. The lowest BCUT2D eigenvalue weighted by atomic mass is 9.96. The number of fused-ring (bicyclic) bond motifs is 12. The van der Waals surface area contributed by atoms with Gasteiger partial charge in [0.1, 0.15) is 11.2 Å². The molecule has 0 N–H and O–H groups in total. The van der Waals surface area contributed by atoms with Crippen LogP contribution < -0.4 is 0 Å². The third kappa shape index (κ3) is 4.29. The van der Waals surface area contributed by atoms with Crippen molar-refractivity contribution >= 4 is 87.5 Å². The Morgan fingerprint density at radius 1 is 0.259 bits per heavy atom. The first-order valence-corrected chi connectivity index (χ1v) is 19.8. The van der Waals surface area contributed by atoms with E-state index in [2.05, 4.69) is 203 Å². The van der Waals surface area contributed by atoms with Gasteiger partial charge >= 0.3 is 0 Å². The van der Waals surface area contributed by atoms with E-state index in [0.29, 0.717) is 0 Å². The van der Waals surface area contributed by atoms with Gasteiger partial charge in [0.15, 0.2) is 11.2 Å². The summed E-state index contributed by atoms with van der Waals surface area (Å²) in [6.07, 6.45) is 0. The monoisotopic (exact) mass is 740 g/mol. The number of para-hydroxylation sites is 8. The van der Waals surface area contributed by atoms with Crippen LogP contribution in [-0.4, -0.2) is 9.13 Å². The van der Waals surface area contributed by atoms with Gasteiger partial charge in [0.2, 0.25) is 0 Å². The van der Waals surface area contributed by atoms with Gasteiger partial charge in [-0.3, -0.25) is 0 Å². The normalized spacial score (nSPS) is 12.1. The molecule has 0 saturated carbocycles. The minimum absolute atomic E-state index is 0.874. The Morgan fingerprint density at radius 2 is 0.569 bits per heavy atom.